The molecule has 0 spiro atoms. The van der Waals surface area contributed by atoms with E-state index in [-0.39, 0.29) is 6.04 Å². The third-order valence-corrected chi connectivity index (χ3v) is 4.16. The fraction of sp³-hybridized carbons (Fsp3) is 0.625. The predicted octanol–water partition coefficient (Wildman–Crippen LogP) is 4.24. The number of halogens is 1. The van der Waals surface area contributed by atoms with E-state index in [4.69, 9.17) is 17.3 Å². The molecule has 1 unspecified atom stereocenters. The molecule has 2 N–H and O–H groups in total. The zero-order chi connectivity index (χ0) is 14.4. The highest BCUT2D eigenvalue weighted by Crippen LogP contribution is 2.28. The monoisotopic (exact) mass is 282 g/mol. The van der Waals surface area contributed by atoms with E-state index < -0.39 is 0 Å². The summed E-state index contributed by atoms with van der Waals surface area (Å²) in [5.74, 6) is 0. The van der Waals surface area contributed by atoms with Gasteiger partial charge in [0.25, 0.3) is 0 Å². The van der Waals surface area contributed by atoms with E-state index in [9.17, 15) is 0 Å². The molecule has 0 bridgehead atoms. The van der Waals surface area contributed by atoms with Crippen molar-refractivity contribution in [3.05, 3.63) is 28.8 Å². The summed E-state index contributed by atoms with van der Waals surface area (Å²) >= 11 is 6.16. The van der Waals surface area contributed by atoms with Gasteiger partial charge in [-0.2, -0.15) is 0 Å². The lowest BCUT2D eigenvalue weighted by molar-refractivity contribution is 0.586. The topological polar surface area (TPSA) is 29.3 Å². The van der Waals surface area contributed by atoms with Crippen LogP contribution in [0.5, 0.6) is 0 Å². The van der Waals surface area contributed by atoms with Crippen molar-refractivity contribution >= 4 is 17.3 Å². The zero-order valence-corrected chi connectivity index (χ0v) is 13.4. The van der Waals surface area contributed by atoms with Crippen molar-refractivity contribution in [2.75, 3.05) is 11.9 Å². The minimum Gasteiger partial charge on any atom is -0.371 e. The average molecular weight is 283 g/mol. The van der Waals surface area contributed by atoms with Crippen LogP contribution in [0.15, 0.2) is 18.2 Å². The lowest BCUT2D eigenvalue weighted by Gasteiger charge is -2.31. The minimum absolute atomic E-state index is 0.218. The first-order chi connectivity index (χ1) is 9.03. The number of nitrogens with two attached hydrogens (primary N) is 1. The third kappa shape index (κ3) is 4.39. The minimum atomic E-state index is 0.218. The number of nitrogens with zero attached hydrogens (tertiary/aromatic N) is 1. The maximum atomic E-state index is 6.16. The van der Waals surface area contributed by atoms with Crippen LogP contribution in [0.4, 0.5) is 5.69 Å². The molecule has 0 aliphatic carbocycles. The molecule has 0 aromatic heterocycles. The van der Waals surface area contributed by atoms with E-state index in [2.05, 4.69) is 44.9 Å². The van der Waals surface area contributed by atoms with E-state index in [1.54, 1.807) is 0 Å². The second-order valence-electron chi connectivity index (χ2n) is 5.23. The summed E-state index contributed by atoms with van der Waals surface area (Å²) in [6.07, 6.45) is 4.18. The van der Waals surface area contributed by atoms with Gasteiger partial charge in [0, 0.05) is 29.8 Å². The quantitative estimate of drug-likeness (QED) is 0.810. The Morgan fingerprint density at radius 1 is 1.16 bits per heavy atom. The number of anilines is 1. The van der Waals surface area contributed by atoms with Gasteiger partial charge >= 0.3 is 0 Å². The first-order valence-electron chi connectivity index (χ1n) is 7.30. The van der Waals surface area contributed by atoms with E-state index in [0.717, 1.165) is 30.7 Å². The van der Waals surface area contributed by atoms with Crippen LogP contribution >= 0.6 is 11.6 Å². The fourth-order valence-corrected chi connectivity index (χ4v) is 2.66. The Bertz CT molecular complexity index is 388. The third-order valence-electron chi connectivity index (χ3n) is 3.92. The molecule has 0 aliphatic heterocycles. The largest absolute Gasteiger partial charge is 0.371 e. The van der Waals surface area contributed by atoms with Crippen LogP contribution in [0.2, 0.25) is 5.02 Å². The molecule has 2 nitrogen and oxygen atoms in total. The molecule has 1 rings (SSSR count). The smallest absolute Gasteiger partial charge is 0.0426 e. The number of hydrogen-bond donors (Lipinski definition) is 1. The van der Waals surface area contributed by atoms with E-state index in [1.165, 1.54) is 11.3 Å². The van der Waals surface area contributed by atoms with Crippen molar-refractivity contribution in [1.82, 2.24) is 0 Å². The Morgan fingerprint density at radius 3 is 2.32 bits per heavy atom. The van der Waals surface area contributed by atoms with Crippen molar-refractivity contribution in [2.45, 2.75) is 58.5 Å². The van der Waals surface area contributed by atoms with Crippen LogP contribution in [0.1, 0.15) is 45.6 Å². The summed E-state index contributed by atoms with van der Waals surface area (Å²) in [7, 11) is 2.16. The summed E-state index contributed by atoms with van der Waals surface area (Å²) in [4.78, 5) is 2.35. The number of rotatable bonds is 7. The molecule has 1 aromatic rings. The lowest BCUT2D eigenvalue weighted by Crippen LogP contribution is -2.32. The highest BCUT2D eigenvalue weighted by atomic mass is 35.5. The van der Waals surface area contributed by atoms with Crippen molar-refractivity contribution in [1.29, 1.82) is 0 Å². The van der Waals surface area contributed by atoms with Gasteiger partial charge in [-0.3, -0.25) is 0 Å². The Labute approximate surface area is 122 Å². The molecule has 0 saturated heterocycles. The van der Waals surface area contributed by atoms with Crippen LogP contribution in [-0.4, -0.2) is 19.1 Å². The van der Waals surface area contributed by atoms with Gasteiger partial charge in [-0.25, -0.2) is 0 Å². The predicted molar refractivity (Wildman–Crippen MR) is 86.2 cm³/mol. The summed E-state index contributed by atoms with van der Waals surface area (Å²) in [6.45, 7) is 6.59. The van der Waals surface area contributed by atoms with Gasteiger partial charge in [0.05, 0.1) is 0 Å². The first-order valence-corrected chi connectivity index (χ1v) is 7.68. The second kappa shape index (κ2) is 7.76. The van der Waals surface area contributed by atoms with Crippen LogP contribution in [0.3, 0.4) is 0 Å². The van der Waals surface area contributed by atoms with Gasteiger partial charge in [0.15, 0.2) is 0 Å². The van der Waals surface area contributed by atoms with E-state index >= 15 is 0 Å². The Kier molecular flexibility index (Phi) is 6.67. The first kappa shape index (κ1) is 16.3. The molecule has 0 amide bonds. The van der Waals surface area contributed by atoms with E-state index in [0.29, 0.717) is 6.04 Å². The molecule has 0 aliphatic rings. The van der Waals surface area contributed by atoms with Gasteiger partial charge in [-0.1, -0.05) is 38.4 Å². The maximum absolute atomic E-state index is 6.16. The summed E-state index contributed by atoms with van der Waals surface area (Å²) in [5.41, 5.74) is 8.63. The number of benzene rings is 1. The Hall–Kier alpha value is -0.730. The highest BCUT2D eigenvalue weighted by Gasteiger charge is 2.16. The maximum Gasteiger partial charge on any atom is 0.0426 e. The Balaban J connectivity index is 3.05. The van der Waals surface area contributed by atoms with Crippen LogP contribution in [-0.2, 0) is 6.42 Å². The molecular weight excluding hydrogens is 256 g/mol. The lowest BCUT2D eigenvalue weighted by atomic mass is 10.0. The molecule has 0 heterocycles. The van der Waals surface area contributed by atoms with Gasteiger partial charge in [0.2, 0.25) is 0 Å². The fourth-order valence-electron chi connectivity index (χ4n) is 2.50. The molecule has 19 heavy (non-hydrogen) atoms. The highest BCUT2D eigenvalue weighted by molar-refractivity contribution is 6.30. The standard InChI is InChI=1S/C16H27ClN2/c1-5-14(18)10-12-8-9-13(17)11-16(12)19(4)15(6-2)7-3/h8-9,11,14-15H,5-7,10,18H2,1-4H3. The van der Waals surface area contributed by atoms with E-state index in [1.807, 2.05) is 6.07 Å². The molecular formula is C16H27ClN2. The molecule has 0 saturated carbocycles. The van der Waals surface area contributed by atoms with Gasteiger partial charge in [-0.05, 0) is 43.4 Å². The van der Waals surface area contributed by atoms with Crippen LogP contribution in [0.25, 0.3) is 0 Å². The Morgan fingerprint density at radius 2 is 1.79 bits per heavy atom. The summed E-state index contributed by atoms with van der Waals surface area (Å²) < 4.78 is 0. The molecule has 0 fully saturated rings. The SMILES string of the molecule is CCC(N)Cc1ccc(Cl)cc1N(C)C(CC)CC. The molecule has 3 heteroatoms. The molecule has 108 valence electrons. The van der Waals surface area contributed by atoms with Crippen molar-refractivity contribution in [3.63, 3.8) is 0 Å². The zero-order valence-electron chi connectivity index (χ0n) is 12.6. The average Bonchev–Trinajstić information content (AvgIpc) is 2.41. The van der Waals surface area contributed by atoms with Crippen LogP contribution in [0, 0.1) is 0 Å². The summed E-state index contributed by atoms with van der Waals surface area (Å²) in [5, 5.41) is 0.793. The normalized spacial score (nSPS) is 12.8. The van der Waals surface area contributed by atoms with Gasteiger partial charge in [-0.15, -0.1) is 0 Å². The van der Waals surface area contributed by atoms with Crippen molar-refractivity contribution in [2.24, 2.45) is 5.73 Å². The second-order valence-corrected chi connectivity index (χ2v) is 5.66. The summed E-state index contributed by atoms with van der Waals surface area (Å²) in [6, 6.07) is 6.91. The molecule has 1 aromatic carbocycles. The molecule has 0 radical (unpaired) electrons. The van der Waals surface area contributed by atoms with Crippen LogP contribution < -0.4 is 10.6 Å². The molecule has 1 atom stereocenters. The van der Waals surface area contributed by atoms with Gasteiger partial charge < -0.3 is 10.6 Å². The number of hydrogen-bond acceptors (Lipinski definition) is 2. The van der Waals surface area contributed by atoms with Gasteiger partial charge in [0.1, 0.15) is 0 Å². The van der Waals surface area contributed by atoms with Crippen molar-refractivity contribution in [3.8, 4) is 0 Å². The van der Waals surface area contributed by atoms with Crippen molar-refractivity contribution < 1.29 is 0 Å².